The van der Waals surface area contributed by atoms with Gasteiger partial charge in [-0.3, -0.25) is 4.79 Å². The Morgan fingerprint density at radius 3 is 2.67 bits per heavy atom. The summed E-state index contributed by atoms with van der Waals surface area (Å²) in [4.78, 5) is 12.8. The third-order valence-electron chi connectivity index (χ3n) is 3.98. The first-order valence-electron chi connectivity index (χ1n) is 8.29. The molecule has 0 atom stereocenters. The first kappa shape index (κ1) is 18.6. The highest BCUT2D eigenvalue weighted by Gasteiger charge is 2.12. The summed E-state index contributed by atoms with van der Waals surface area (Å²) in [5.41, 5.74) is 1.82. The van der Waals surface area contributed by atoms with Crippen molar-refractivity contribution in [2.24, 2.45) is 0 Å². The van der Waals surface area contributed by atoms with Gasteiger partial charge in [-0.15, -0.1) is 0 Å². The lowest BCUT2D eigenvalue weighted by molar-refractivity contribution is -0.908. The Hall–Kier alpha value is -1.70. The molecule has 1 saturated heterocycles. The second-order valence-corrected chi connectivity index (χ2v) is 6.20. The first-order valence-corrected chi connectivity index (χ1v) is 8.70. The van der Waals surface area contributed by atoms with Crippen LogP contribution in [-0.2, 0) is 20.7 Å². The van der Waals surface area contributed by atoms with Crippen LogP contribution >= 0.6 is 12.2 Å². The highest BCUT2D eigenvalue weighted by Crippen LogP contribution is 2.10. The molecular weight excluding hydrogens is 326 g/mol. The molecule has 1 aromatic rings. The van der Waals surface area contributed by atoms with Gasteiger partial charge in [0.05, 0.1) is 33.3 Å². The molecule has 7 heteroatoms. The molecule has 24 heavy (non-hydrogen) atoms. The number of carbonyl (C=O) groups is 1. The van der Waals surface area contributed by atoms with Gasteiger partial charge >= 0.3 is 5.97 Å². The summed E-state index contributed by atoms with van der Waals surface area (Å²) in [6, 6.07) is 7.60. The van der Waals surface area contributed by atoms with E-state index in [1.54, 1.807) is 4.90 Å². The van der Waals surface area contributed by atoms with Crippen LogP contribution in [0.25, 0.3) is 0 Å². The zero-order chi connectivity index (χ0) is 17.2. The number of morpholine rings is 1. The van der Waals surface area contributed by atoms with E-state index >= 15 is 0 Å². The summed E-state index contributed by atoms with van der Waals surface area (Å²) in [6.07, 6.45) is 1.36. The Kier molecular flexibility index (Phi) is 7.94. The Labute approximate surface area is 148 Å². The zero-order valence-corrected chi connectivity index (χ0v) is 14.9. The SMILES string of the molecule is COC(=O)Cc1ccc(NC(=S)NCCC[NH+]2CCOCC2)cc1. The van der Waals surface area contributed by atoms with Crippen LogP contribution in [0, 0.1) is 0 Å². The van der Waals surface area contributed by atoms with Crippen molar-refractivity contribution in [3.63, 3.8) is 0 Å². The Morgan fingerprint density at radius 1 is 1.29 bits per heavy atom. The molecule has 1 heterocycles. The number of anilines is 1. The maximum absolute atomic E-state index is 11.2. The van der Waals surface area contributed by atoms with Crippen LogP contribution in [0.5, 0.6) is 0 Å². The number of rotatable bonds is 7. The van der Waals surface area contributed by atoms with Gasteiger partial charge in [-0.1, -0.05) is 12.1 Å². The number of hydrogen-bond acceptors (Lipinski definition) is 4. The fraction of sp³-hybridized carbons (Fsp3) is 0.529. The predicted molar refractivity (Wildman–Crippen MR) is 97.4 cm³/mol. The Bertz CT molecular complexity index is 530. The van der Waals surface area contributed by atoms with E-state index in [2.05, 4.69) is 15.4 Å². The summed E-state index contributed by atoms with van der Waals surface area (Å²) in [5, 5.41) is 7.00. The fourth-order valence-corrected chi connectivity index (χ4v) is 2.79. The standard InChI is InChI=1S/C17H25N3O3S/c1-22-16(21)13-14-3-5-15(6-4-14)19-17(24)18-7-2-8-20-9-11-23-12-10-20/h3-6H,2,7-13H2,1H3,(H2,18,19,24)/p+1. The lowest BCUT2D eigenvalue weighted by atomic mass is 10.1. The van der Waals surface area contributed by atoms with E-state index < -0.39 is 0 Å². The van der Waals surface area contributed by atoms with Crippen molar-refractivity contribution in [3.05, 3.63) is 29.8 Å². The lowest BCUT2D eigenvalue weighted by Gasteiger charge is -2.23. The first-order chi connectivity index (χ1) is 11.7. The van der Waals surface area contributed by atoms with E-state index in [4.69, 9.17) is 17.0 Å². The van der Waals surface area contributed by atoms with Crippen LogP contribution in [-0.4, -0.2) is 57.6 Å². The molecule has 1 aliphatic heterocycles. The maximum atomic E-state index is 11.2. The van der Waals surface area contributed by atoms with Crippen LogP contribution in [0.4, 0.5) is 5.69 Å². The van der Waals surface area contributed by atoms with Gasteiger partial charge in [-0.25, -0.2) is 0 Å². The summed E-state index contributed by atoms with van der Waals surface area (Å²) in [6.45, 7) is 5.93. The number of quaternary nitrogens is 1. The maximum Gasteiger partial charge on any atom is 0.309 e. The number of nitrogens with one attached hydrogen (secondary N) is 3. The van der Waals surface area contributed by atoms with Gasteiger partial charge in [0.2, 0.25) is 0 Å². The molecule has 0 aliphatic carbocycles. The second kappa shape index (κ2) is 10.2. The molecule has 2 rings (SSSR count). The van der Waals surface area contributed by atoms with E-state index in [9.17, 15) is 4.79 Å². The van der Waals surface area contributed by atoms with Gasteiger partial charge in [-0.05, 0) is 29.9 Å². The molecule has 1 fully saturated rings. The number of methoxy groups -OCH3 is 1. The molecule has 6 nitrogen and oxygen atoms in total. The predicted octanol–water partition coefficient (Wildman–Crippen LogP) is -0.00630. The molecule has 0 unspecified atom stereocenters. The zero-order valence-electron chi connectivity index (χ0n) is 14.1. The van der Waals surface area contributed by atoms with Gasteiger partial charge in [0.25, 0.3) is 0 Å². The van der Waals surface area contributed by atoms with E-state index in [0.717, 1.165) is 57.1 Å². The van der Waals surface area contributed by atoms with Gasteiger partial charge < -0.3 is 25.0 Å². The molecule has 132 valence electrons. The smallest absolute Gasteiger partial charge is 0.309 e. The van der Waals surface area contributed by atoms with Crippen LogP contribution in [0.1, 0.15) is 12.0 Å². The fourth-order valence-electron chi connectivity index (χ4n) is 2.57. The van der Waals surface area contributed by atoms with Crippen molar-refractivity contribution in [1.82, 2.24) is 5.32 Å². The summed E-state index contributed by atoms with van der Waals surface area (Å²) in [7, 11) is 1.39. The number of carbonyl (C=O) groups excluding carboxylic acids is 1. The molecule has 0 bridgehead atoms. The number of ether oxygens (including phenoxy) is 2. The molecule has 0 aromatic heterocycles. The highest BCUT2D eigenvalue weighted by molar-refractivity contribution is 7.80. The van der Waals surface area contributed by atoms with Crippen molar-refractivity contribution in [1.29, 1.82) is 0 Å². The van der Waals surface area contributed by atoms with E-state index in [1.807, 2.05) is 24.3 Å². The van der Waals surface area contributed by atoms with Crippen LogP contribution in [0.2, 0.25) is 0 Å². The van der Waals surface area contributed by atoms with Gasteiger partial charge in [0.1, 0.15) is 13.1 Å². The average molecular weight is 352 g/mol. The van der Waals surface area contributed by atoms with Crippen molar-refractivity contribution in [2.75, 3.05) is 51.8 Å². The number of benzene rings is 1. The van der Waals surface area contributed by atoms with Gasteiger partial charge in [0.15, 0.2) is 5.11 Å². The molecule has 1 aromatic carbocycles. The molecule has 0 amide bonds. The normalized spacial score (nSPS) is 14.9. The quantitative estimate of drug-likeness (QED) is 0.365. The number of esters is 1. The minimum atomic E-state index is -0.240. The largest absolute Gasteiger partial charge is 0.469 e. The van der Waals surface area contributed by atoms with E-state index in [1.165, 1.54) is 7.11 Å². The number of thiocarbonyl (C=S) groups is 1. The average Bonchev–Trinajstić information content (AvgIpc) is 2.61. The molecule has 3 N–H and O–H groups in total. The molecular formula is C17H26N3O3S+. The third-order valence-corrected chi connectivity index (χ3v) is 4.23. The summed E-state index contributed by atoms with van der Waals surface area (Å²) < 4.78 is 10.0. The van der Waals surface area contributed by atoms with Crippen LogP contribution in [0.3, 0.4) is 0 Å². The molecule has 0 radical (unpaired) electrons. The van der Waals surface area contributed by atoms with Gasteiger partial charge in [-0.2, -0.15) is 0 Å². The Balaban J connectivity index is 1.63. The monoisotopic (exact) mass is 352 g/mol. The lowest BCUT2D eigenvalue weighted by Crippen LogP contribution is -3.14. The molecule has 0 spiro atoms. The highest BCUT2D eigenvalue weighted by atomic mass is 32.1. The molecule has 0 saturated carbocycles. The summed E-state index contributed by atoms with van der Waals surface area (Å²) >= 11 is 5.30. The summed E-state index contributed by atoms with van der Waals surface area (Å²) in [5.74, 6) is -0.240. The van der Waals surface area contributed by atoms with E-state index in [0.29, 0.717) is 5.11 Å². The molecule has 1 aliphatic rings. The second-order valence-electron chi connectivity index (χ2n) is 5.80. The van der Waals surface area contributed by atoms with Crippen molar-refractivity contribution in [2.45, 2.75) is 12.8 Å². The van der Waals surface area contributed by atoms with Crippen LogP contribution < -0.4 is 15.5 Å². The van der Waals surface area contributed by atoms with Crippen LogP contribution in [0.15, 0.2) is 24.3 Å². The number of hydrogen-bond donors (Lipinski definition) is 3. The minimum absolute atomic E-state index is 0.240. The van der Waals surface area contributed by atoms with Gasteiger partial charge in [0, 0.05) is 18.7 Å². The third kappa shape index (κ3) is 6.82. The van der Waals surface area contributed by atoms with Crippen molar-refractivity contribution >= 4 is 29.0 Å². The minimum Gasteiger partial charge on any atom is -0.469 e. The van der Waals surface area contributed by atoms with Crippen molar-refractivity contribution < 1.29 is 19.2 Å². The topological polar surface area (TPSA) is 64.0 Å². The van der Waals surface area contributed by atoms with E-state index in [-0.39, 0.29) is 12.4 Å². The van der Waals surface area contributed by atoms with Crippen molar-refractivity contribution in [3.8, 4) is 0 Å². The Morgan fingerprint density at radius 2 is 2.00 bits per heavy atom.